The van der Waals surface area contributed by atoms with Crippen LogP contribution in [0.3, 0.4) is 0 Å². The highest BCUT2D eigenvalue weighted by Gasteiger charge is 3.05. The molecule has 0 aromatic carbocycles. The molecule has 2 aromatic heterocycles. The number of carbonyl (C=O) groups is 1. The quantitative estimate of drug-likeness (QED) is 0.643. The van der Waals surface area contributed by atoms with E-state index in [9.17, 15) is 18.0 Å². The first kappa shape index (κ1) is 20.3. The lowest BCUT2D eigenvalue weighted by atomic mass is 9.11. The van der Waals surface area contributed by atoms with Crippen LogP contribution >= 0.6 is 0 Å². The molecule has 9 fully saturated rings. The first-order chi connectivity index (χ1) is 17.8. The van der Waals surface area contributed by atoms with Crippen LogP contribution in [0.5, 0.6) is 0 Å². The van der Waals surface area contributed by atoms with E-state index < -0.39 is 11.9 Å². The van der Waals surface area contributed by atoms with Gasteiger partial charge >= 0.3 is 6.18 Å². The largest absolute Gasteiger partial charge is 0.434 e. The molecule has 8 saturated carbocycles. The fourth-order valence-corrected chi connectivity index (χ4v) is 11.0. The Morgan fingerprint density at radius 3 is 2.49 bits per heavy atom. The van der Waals surface area contributed by atoms with Crippen LogP contribution in [-0.2, 0) is 11.0 Å². The van der Waals surface area contributed by atoms with Crippen molar-refractivity contribution in [3.8, 4) is 0 Å². The average Bonchev–Trinajstić information content (AvgIpc) is 3.54. The third-order valence-corrected chi connectivity index (χ3v) is 12.2. The van der Waals surface area contributed by atoms with Gasteiger partial charge in [0.25, 0.3) is 0 Å². The number of rotatable bonds is 5. The summed E-state index contributed by atoms with van der Waals surface area (Å²) < 4.78 is 38.6. The van der Waals surface area contributed by atoms with E-state index in [4.69, 9.17) is 4.98 Å². The molecule has 37 heavy (non-hydrogen) atoms. The fourth-order valence-electron chi connectivity index (χ4n) is 11.0. The molecular weight excluding hydrogens is 483 g/mol. The molecule has 3 heterocycles. The normalized spacial score (nSPS) is 44.7. The smallest absolute Gasteiger partial charge is 0.362 e. The first-order valence-corrected chi connectivity index (χ1v) is 13.7. The van der Waals surface area contributed by atoms with Crippen molar-refractivity contribution in [3.05, 3.63) is 29.7 Å². The zero-order chi connectivity index (χ0) is 24.7. The minimum absolute atomic E-state index is 0.0658. The topological polar surface area (TPSA) is 99.7 Å². The van der Waals surface area contributed by atoms with Gasteiger partial charge in [-0.25, -0.2) is 15.0 Å². The van der Waals surface area contributed by atoms with Gasteiger partial charge in [0.15, 0.2) is 11.5 Å². The zero-order valence-corrected chi connectivity index (χ0v) is 20.0. The predicted octanol–water partition coefficient (Wildman–Crippen LogP) is 3.19. The lowest BCUT2D eigenvalue weighted by molar-refractivity contribution is -0.423. The summed E-state index contributed by atoms with van der Waals surface area (Å²) in [5, 5.41) is 11.1. The Bertz CT molecular complexity index is 1380. The van der Waals surface area contributed by atoms with E-state index >= 15 is 0 Å². The molecule has 1 aliphatic heterocycles. The third-order valence-electron chi connectivity index (χ3n) is 12.2. The molecule has 2 bridgehead atoms. The molecule has 11 rings (SSSR count). The SMILES string of the molecule is O=C(N1CC2(CC(c3n[nH]c(C4CC4)n3)C2)C1)C12C3CC4C1C1C2C3C41Nc1cnc(C(F)(F)F)cn1. The Morgan fingerprint density at radius 2 is 1.84 bits per heavy atom. The van der Waals surface area contributed by atoms with Crippen molar-refractivity contribution < 1.29 is 18.0 Å². The number of aromatic nitrogens is 5. The van der Waals surface area contributed by atoms with Crippen LogP contribution in [0.2, 0.25) is 0 Å². The van der Waals surface area contributed by atoms with Crippen molar-refractivity contribution in [3.63, 3.8) is 0 Å². The molecule has 8 aliphatic carbocycles. The molecule has 1 saturated heterocycles. The number of amides is 1. The monoisotopic (exact) mass is 509 g/mol. The molecular formula is C26H26F3N7O. The van der Waals surface area contributed by atoms with Crippen molar-refractivity contribution in [2.45, 2.75) is 55.7 Å². The number of alkyl halides is 3. The molecule has 1 amide bonds. The van der Waals surface area contributed by atoms with E-state index in [2.05, 4.69) is 30.4 Å². The van der Waals surface area contributed by atoms with Crippen LogP contribution in [-0.4, -0.2) is 54.6 Å². The van der Waals surface area contributed by atoms with Crippen LogP contribution in [0, 0.1) is 46.3 Å². The molecule has 1 spiro atoms. The highest BCUT2D eigenvalue weighted by Crippen LogP contribution is 3.01. The molecule has 8 unspecified atom stereocenters. The van der Waals surface area contributed by atoms with E-state index in [1.165, 1.54) is 19.0 Å². The summed E-state index contributed by atoms with van der Waals surface area (Å²) in [5.74, 6) is 6.49. The number of hydrogen-bond donors (Lipinski definition) is 2. The number of hydrogen-bond acceptors (Lipinski definition) is 6. The van der Waals surface area contributed by atoms with E-state index in [0.717, 1.165) is 50.2 Å². The highest BCUT2D eigenvalue weighted by molar-refractivity contribution is 5.92. The second-order valence-corrected chi connectivity index (χ2v) is 13.4. The average molecular weight is 510 g/mol. The number of halogens is 3. The lowest BCUT2D eigenvalue weighted by Gasteiger charge is -2.93. The molecule has 0 radical (unpaired) electrons. The summed E-state index contributed by atoms with van der Waals surface area (Å²) in [5.41, 5.74) is -0.909. The van der Waals surface area contributed by atoms with Crippen LogP contribution in [0.1, 0.15) is 61.3 Å². The number of likely N-dealkylation sites (tertiary alicyclic amines) is 1. The van der Waals surface area contributed by atoms with E-state index in [0.29, 0.717) is 59.1 Å². The fraction of sp³-hybridized carbons (Fsp3) is 0.731. The molecule has 2 aromatic rings. The summed E-state index contributed by atoms with van der Waals surface area (Å²) in [6, 6.07) is 0. The van der Waals surface area contributed by atoms with Gasteiger partial charge in [0.1, 0.15) is 11.6 Å². The minimum atomic E-state index is -4.48. The maximum atomic E-state index is 13.8. The Balaban J connectivity index is 0.808. The van der Waals surface area contributed by atoms with Gasteiger partial charge in [-0.05, 0) is 67.6 Å². The summed E-state index contributed by atoms with van der Waals surface area (Å²) >= 11 is 0. The van der Waals surface area contributed by atoms with Crippen LogP contribution < -0.4 is 5.32 Å². The Hall–Kier alpha value is -2.72. The van der Waals surface area contributed by atoms with Crippen molar-refractivity contribution >= 4 is 11.7 Å². The minimum Gasteiger partial charge on any atom is -0.362 e. The lowest BCUT2D eigenvalue weighted by Crippen LogP contribution is -2.99. The zero-order valence-electron chi connectivity index (χ0n) is 20.0. The Kier molecular flexibility index (Phi) is 3.10. The van der Waals surface area contributed by atoms with E-state index in [-0.39, 0.29) is 16.4 Å². The predicted molar refractivity (Wildman–Crippen MR) is 121 cm³/mol. The van der Waals surface area contributed by atoms with Gasteiger partial charge in [0, 0.05) is 35.9 Å². The van der Waals surface area contributed by atoms with Gasteiger partial charge in [-0.15, -0.1) is 0 Å². The van der Waals surface area contributed by atoms with Crippen molar-refractivity contribution in [1.29, 1.82) is 0 Å². The number of carbonyl (C=O) groups excluding carboxylic acids is 1. The summed E-state index contributed by atoms with van der Waals surface area (Å²) in [4.78, 5) is 28.3. The van der Waals surface area contributed by atoms with Gasteiger partial charge in [0.05, 0.1) is 17.8 Å². The summed E-state index contributed by atoms with van der Waals surface area (Å²) in [7, 11) is 0. The van der Waals surface area contributed by atoms with Gasteiger partial charge in [0.2, 0.25) is 5.91 Å². The van der Waals surface area contributed by atoms with E-state index in [1.807, 2.05) is 0 Å². The standard InChI is InChI=1S/C26H26F3N7O/c27-26(28,29)14-6-31-15(7-30-14)33-25-13-3-12-17(25)18-19(25)16(13)24(12,18)22(37)36-8-23(9-36)4-11(5-23)21-32-20(34-35-21)10-1-2-10/h6-7,10-13,16-19H,1-5,8-9H2,(H,31,33)(H,32,34,35). The molecule has 192 valence electrons. The highest BCUT2D eigenvalue weighted by atomic mass is 19.4. The number of anilines is 1. The molecule has 9 aliphatic rings. The second-order valence-electron chi connectivity index (χ2n) is 13.4. The van der Waals surface area contributed by atoms with Crippen LogP contribution in [0.25, 0.3) is 0 Å². The maximum Gasteiger partial charge on any atom is 0.434 e. The molecule has 8 nitrogen and oxygen atoms in total. The molecule has 8 atom stereocenters. The van der Waals surface area contributed by atoms with Crippen LogP contribution in [0.4, 0.5) is 19.0 Å². The Labute approximate surface area is 210 Å². The number of aromatic amines is 1. The number of nitrogens with zero attached hydrogens (tertiary/aromatic N) is 5. The third kappa shape index (κ3) is 1.98. The Morgan fingerprint density at radius 1 is 1.03 bits per heavy atom. The van der Waals surface area contributed by atoms with Gasteiger partial charge in [-0.3, -0.25) is 9.89 Å². The molecule has 11 heteroatoms. The number of H-pyrrole nitrogens is 1. The van der Waals surface area contributed by atoms with E-state index in [1.54, 1.807) is 0 Å². The van der Waals surface area contributed by atoms with Crippen molar-refractivity contribution in [2.75, 3.05) is 18.4 Å². The molecule has 2 N–H and O–H groups in total. The van der Waals surface area contributed by atoms with Crippen molar-refractivity contribution in [1.82, 2.24) is 30.0 Å². The first-order valence-electron chi connectivity index (χ1n) is 13.7. The summed E-state index contributed by atoms with van der Waals surface area (Å²) in [6.45, 7) is 1.75. The summed E-state index contributed by atoms with van der Waals surface area (Å²) in [6.07, 6.45) is 3.19. The van der Waals surface area contributed by atoms with Gasteiger partial charge < -0.3 is 10.2 Å². The number of nitrogens with one attached hydrogen (secondary N) is 2. The maximum absolute atomic E-state index is 13.8. The second kappa shape index (κ2) is 5.66. The van der Waals surface area contributed by atoms with Crippen molar-refractivity contribution in [2.24, 2.45) is 46.3 Å². The van der Waals surface area contributed by atoms with Crippen LogP contribution in [0.15, 0.2) is 12.4 Å². The van der Waals surface area contributed by atoms with Gasteiger partial charge in [-0.1, -0.05) is 0 Å². The van der Waals surface area contributed by atoms with Gasteiger partial charge in [-0.2, -0.15) is 18.3 Å².